The van der Waals surface area contributed by atoms with Crippen molar-refractivity contribution in [2.24, 2.45) is 0 Å². The van der Waals surface area contributed by atoms with Gasteiger partial charge in [0.25, 0.3) is 0 Å². The summed E-state index contributed by atoms with van der Waals surface area (Å²) in [5, 5.41) is 0. The zero-order valence-corrected chi connectivity index (χ0v) is 11.1. The molecule has 0 aliphatic heterocycles. The van der Waals surface area contributed by atoms with Gasteiger partial charge in [0.05, 0.1) is 13.2 Å². The van der Waals surface area contributed by atoms with Crippen LogP contribution < -0.4 is 0 Å². The third-order valence-electron chi connectivity index (χ3n) is 2.19. The Morgan fingerprint density at radius 1 is 1.11 bits per heavy atom. The molecular weight excluding hydrogens is 232 g/mol. The zero-order valence-electron chi connectivity index (χ0n) is 11.1. The molecule has 0 aromatic carbocycles. The van der Waals surface area contributed by atoms with Gasteiger partial charge < -0.3 is 9.47 Å². The second-order valence-corrected chi connectivity index (χ2v) is 3.53. The number of ketones is 1. The Kier molecular flexibility index (Phi) is 9.50. The number of allylic oxidation sites excluding steroid dienone is 5. The summed E-state index contributed by atoms with van der Waals surface area (Å²) in [5.41, 5.74) is 0. The minimum absolute atomic E-state index is 0.111. The van der Waals surface area contributed by atoms with E-state index in [-0.39, 0.29) is 18.3 Å². The summed E-state index contributed by atoms with van der Waals surface area (Å²) in [4.78, 5) is 22.0. The highest BCUT2D eigenvalue weighted by atomic mass is 16.5. The number of esters is 1. The van der Waals surface area contributed by atoms with E-state index in [0.717, 1.165) is 6.42 Å². The molecule has 100 valence electrons. The smallest absolute Gasteiger partial charge is 0.313 e. The molecule has 0 saturated carbocycles. The maximum atomic E-state index is 11.2. The average Bonchev–Trinajstić information content (AvgIpc) is 2.37. The van der Waals surface area contributed by atoms with Crippen LogP contribution in [0.15, 0.2) is 36.5 Å². The Morgan fingerprint density at radius 3 is 2.33 bits per heavy atom. The van der Waals surface area contributed by atoms with E-state index >= 15 is 0 Å². The third-order valence-corrected chi connectivity index (χ3v) is 2.19. The SMILES string of the molecule is CCC(C=CC=CC=CC(=O)CC(=O)OC)OC. The van der Waals surface area contributed by atoms with E-state index in [9.17, 15) is 9.59 Å². The highest BCUT2D eigenvalue weighted by Crippen LogP contribution is 1.97. The number of rotatable bonds is 8. The number of carbonyl (C=O) groups is 2. The molecule has 0 fully saturated rings. The van der Waals surface area contributed by atoms with Crippen LogP contribution in [0.25, 0.3) is 0 Å². The maximum absolute atomic E-state index is 11.2. The molecule has 0 aromatic rings. The molecule has 1 unspecified atom stereocenters. The van der Waals surface area contributed by atoms with Crippen molar-refractivity contribution in [3.05, 3.63) is 36.5 Å². The van der Waals surface area contributed by atoms with E-state index in [1.54, 1.807) is 25.3 Å². The van der Waals surface area contributed by atoms with Crippen molar-refractivity contribution < 1.29 is 19.1 Å². The first-order valence-electron chi connectivity index (χ1n) is 5.78. The predicted octanol–water partition coefficient (Wildman–Crippen LogP) is 2.21. The van der Waals surface area contributed by atoms with E-state index in [0.29, 0.717) is 0 Å². The molecule has 0 bridgehead atoms. The maximum Gasteiger partial charge on any atom is 0.313 e. The van der Waals surface area contributed by atoms with Crippen LogP contribution in [0.2, 0.25) is 0 Å². The second kappa shape index (κ2) is 10.5. The fourth-order valence-corrected chi connectivity index (χ4v) is 1.13. The highest BCUT2D eigenvalue weighted by Gasteiger charge is 2.04. The molecule has 0 aromatic heterocycles. The Balaban J connectivity index is 4.01. The first-order valence-corrected chi connectivity index (χ1v) is 5.78. The van der Waals surface area contributed by atoms with Gasteiger partial charge in [0, 0.05) is 7.11 Å². The van der Waals surface area contributed by atoms with Gasteiger partial charge in [-0.05, 0) is 12.5 Å². The van der Waals surface area contributed by atoms with Crippen LogP contribution in [-0.2, 0) is 19.1 Å². The summed E-state index contributed by atoms with van der Waals surface area (Å²) in [6.07, 6.45) is 11.0. The van der Waals surface area contributed by atoms with Crippen LogP contribution in [0.4, 0.5) is 0 Å². The molecule has 4 heteroatoms. The number of hydrogen-bond acceptors (Lipinski definition) is 4. The first kappa shape index (κ1) is 16.3. The van der Waals surface area contributed by atoms with Gasteiger partial charge in [-0.15, -0.1) is 0 Å². The molecule has 0 aliphatic rings. The molecule has 0 spiro atoms. The Bertz CT molecular complexity index is 336. The van der Waals surface area contributed by atoms with Gasteiger partial charge in [0.15, 0.2) is 5.78 Å². The van der Waals surface area contributed by atoms with Crippen molar-refractivity contribution in [3.8, 4) is 0 Å². The molecule has 0 N–H and O–H groups in total. The van der Waals surface area contributed by atoms with Gasteiger partial charge in [0.2, 0.25) is 0 Å². The molecule has 0 rings (SSSR count). The van der Waals surface area contributed by atoms with Gasteiger partial charge >= 0.3 is 5.97 Å². The number of ether oxygens (including phenoxy) is 2. The summed E-state index contributed by atoms with van der Waals surface area (Å²) in [6, 6.07) is 0. The second-order valence-electron chi connectivity index (χ2n) is 3.53. The molecule has 4 nitrogen and oxygen atoms in total. The van der Waals surface area contributed by atoms with Crippen LogP contribution in [0, 0.1) is 0 Å². The third kappa shape index (κ3) is 8.47. The molecule has 0 radical (unpaired) electrons. The molecule has 1 atom stereocenters. The van der Waals surface area contributed by atoms with Crippen LogP contribution in [0.1, 0.15) is 19.8 Å². The molecule has 18 heavy (non-hydrogen) atoms. The molecule has 0 heterocycles. The normalized spacial score (nSPS) is 13.5. The van der Waals surface area contributed by atoms with E-state index in [4.69, 9.17) is 4.74 Å². The largest absolute Gasteiger partial charge is 0.469 e. The van der Waals surface area contributed by atoms with Gasteiger partial charge in [-0.1, -0.05) is 37.3 Å². The molecular formula is C14H20O4. The lowest BCUT2D eigenvalue weighted by molar-refractivity contribution is -0.142. The van der Waals surface area contributed by atoms with Crippen LogP contribution in [-0.4, -0.2) is 32.1 Å². The summed E-state index contributed by atoms with van der Waals surface area (Å²) in [6.45, 7) is 2.04. The van der Waals surface area contributed by atoms with Crippen molar-refractivity contribution >= 4 is 11.8 Å². The number of carbonyl (C=O) groups excluding carboxylic acids is 2. The minimum atomic E-state index is -0.528. The zero-order chi connectivity index (χ0) is 13.8. The summed E-state index contributed by atoms with van der Waals surface area (Å²) >= 11 is 0. The van der Waals surface area contributed by atoms with Gasteiger partial charge in [0.1, 0.15) is 6.42 Å². The fraction of sp³-hybridized carbons (Fsp3) is 0.429. The van der Waals surface area contributed by atoms with E-state index in [1.165, 1.54) is 13.2 Å². The van der Waals surface area contributed by atoms with Crippen molar-refractivity contribution in [1.82, 2.24) is 0 Å². The quantitative estimate of drug-likeness (QED) is 0.288. The van der Waals surface area contributed by atoms with Crippen molar-refractivity contribution in [3.63, 3.8) is 0 Å². The molecule has 0 saturated heterocycles. The van der Waals surface area contributed by atoms with Gasteiger partial charge in [-0.2, -0.15) is 0 Å². The van der Waals surface area contributed by atoms with Crippen molar-refractivity contribution in [2.75, 3.05) is 14.2 Å². The van der Waals surface area contributed by atoms with Crippen molar-refractivity contribution in [1.29, 1.82) is 0 Å². The van der Waals surface area contributed by atoms with E-state index < -0.39 is 5.97 Å². The van der Waals surface area contributed by atoms with E-state index in [1.807, 2.05) is 19.1 Å². The fourth-order valence-electron chi connectivity index (χ4n) is 1.13. The van der Waals surface area contributed by atoms with Crippen LogP contribution in [0.5, 0.6) is 0 Å². The van der Waals surface area contributed by atoms with Gasteiger partial charge in [-0.25, -0.2) is 0 Å². The lowest BCUT2D eigenvalue weighted by Gasteiger charge is -2.04. The lowest BCUT2D eigenvalue weighted by Crippen LogP contribution is -2.06. The lowest BCUT2D eigenvalue weighted by atomic mass is 10.2. The Hall–Kier alpha value is -1.68. The van der Waals surface area contributed by atoms with Crippen LogP contribution >= 0.6 is 0 Å². The highest BCUT2D eigenvalue weighted by molar-refractivity contribution is 6.01. The Labute approximate surface area is 108 Å². The van der Waals surface area contributed by atoms with E-state index in [2.05, 4.69) is 4.74 Å². The Morgan fingerprint density at radius 2 is 1.78 bits per heavy atom. The first-order chi connectivity index (χ1) is 8.63. The van der Waals surface area contributed by atoms with Crippen LogP contribution in [0.3, 0.4) is 0 Å². The standard InChI is InChI=1S/C14H20O4/c1-4-13(17-2)10-8-6-5-7-9-12(15)11-14(16)18-3/h5-10,13H,4,11H2,1-3H3. The summed E-state index contributed by atoms with van der Waals surface area (Å²) in [7, 11) is 2.91. The molecule has 0 amide bonds. The summed E-state index contributed by atoms with van der Waals surface area (Å²) < 4.78 is 9.54. The number of methoxy groups -OCH3 is 2. The van der Waals surface area contributed by atoms with Crippen molar-refractivity contribution in [2.45, 2.75) is 25.9 Å². The monoisotopic (exact) mass is 252 g/mol. The topological polar surface area (TPSA) is 52.6 Å². The summed E-state index contributed by atoms with van der Waals surface area (Å²) in [5.74, 6) is -0.807. The average molecular weight is 252 g/mol. The molecule has 0 aliphatic carbocycles. The minimum Gasteiger partial charge on any atom is -0.469 e. The van der Waals surface area contributed by atoms with Gasteiger partial charge in [-0.3, -0.25) is 9.59 Å². The number of hydrogen-bond donors (Lipinski definition) is 0. The predicted molar refractivity (Wildman–Crippen MR) is 70.1 cm³/mol.